The van der Waals surface area contributed by atoms with Gasteiger partial charge in [0.15, 0.2) is 5.13 Å². The van der Waals surface area contributed by atoms with Crippen LogP contribution < -0.4 is 5.32 Å². The first-order valence-electron chi connectivity index (χ1n) is 7.01. The number of carbonyl (C=O) groups is 1. The van der Waals surface area contributed by atoms with Crippen molar-refractivity contribution in [3.63, 3.8) is 0 Å². The van der Waals surface area contributed by atoms with Gasteiger partial charge in [-0.3, -0.25) is 10.1 Å². The lowest BCUT2D eigenvalue weighted by atomic mass is 10.1. The number of hydrogen-bond donors (Lipinski definition) is 2. The molecule has 0 saturated heterocycles. The van der Waals surface area contributed by atoms with E-state index in [1.54, 1.807) is 6.92 Å². The Hall–Kier alpha value is -2.09. The second-order valence-corrected chi connectivity index (χ2v) is 6.97. The fraction of sp³-hybridized carbons (Fsp3) is 0.188. The number of aromatic nitrogens is 2. The van der Waals surface area contributed by atoms with Crippen LogP contribution in [-0.4, -0.2) is 21.0 Å². The highest BCUT2D eigenvalue weighted by Crippen LogP contribution is 2.28. The monoisotopic (exact) mass is 345 g/mol. The van der Waals surface area contributed by atoms with Crippen molar-refractivity contribution in [2.75, 3.05) is 5.32 Å². The van der Waals surface area contributed by atoms with Crippen LogP contribution in [-0.2, 0) is 0 Å². The highest BCUT2D eigenvalue weighted by Gasteiger charge is 2.15. The average molecular weight is 345 g/mol. The first-order valence-corrected chi connectivity index (χ1v) is 8.71. The minimum absolute atomic E-state index is 0.264. The van der Waals surface area contributed by atoms with Gasteiger partial charge < -0.3 is 5.11 Å². The van der Waals surface area contributed by atoms with Crippen molar-refractivity contribution in [2.45, 2.75) is 20.0 Å². The summed E-state index contributed by atoms with van der Waals surface area (Å²) in [6.45, 7) is 3.65. The van der Waals surface area contributed by atoms with Gasteiger partial charge >= 0.3 is 0 Å². The minimum atomic E-state index is -0.672. The molecule has 1 aromatic carbocycles. The van der Waals surface area contributed by atoms with E-state index in [-0.39, 0.29) is 5.91 Å². The van der Waals surface area contributed by atoms with E-state index in [0.29, 0.717) is 15.0 Å². The van der Waals surface area contributed by atoms with E-state index >= 15 is 0 Å². The van der Waals surface area contributed by atoms with Gasteiger partial charge in [-0.15, -0.1) is 22.7 Å². The molecule has 0 spiro atoms. The number of nitrogens with one attached hydrogen (secondary N) is 1. The van der Waals surface area contributed by atoms with Crippen molar-refractivity contribution < 1.29 is 9.90 Å². The summed E-state index contributed by atoms with van der Waals surface area (Å²) in [6, 6.07) is 7.99. The standard InChI is InChI=1S/C16H15N3O2S2/c1-9-5-3-4-6-11(9)12-8-22-16(18-12)19-14(21)13-7-17-15(23-13)10(2)20/h3-8,10,20H,1-2H3,(H,18,19,21). The maximum absolute atomic E-state index is 12.2. The maximum Gasteiger partial charge on any atom is 0.269 e. The third-order valence-corrected chi connectivity index (χ3v) is 5.17. The summed E-state index contributed by atoms with van der Waals surface area (Å²) in [5, 5.41) is 15.2. The van der Waals surface area contributed by atoms with E-state index in [4.69, 9.17) is 0 Å². The zero-order valence-corrected chi connectivity index (χ0v) is 14.2. The summed E-state index contributed by atoms with van der Waals surface area (Å²) in [6.07, 6.45) is 0.798. The van der Waals surface area contributed by atoms with Crippen LogP contribution in [0, 0.1) is 6.92 Å². The largest absolute Gasteiger partial charge is 0.386 e. The van der Waals surface area contributed by atoms with Crippen molar-refractivity contribution in [1.29, 1.82) is 0 Å². The summed E-state index contributed by atoms with van der Waals surface area (Å²) in [4.78, 5) is 21.2. The molecule has 0 saturated carbocycles. The van der Waals surface area contributed by atoms with Gasteiger partial charge in [0.1, 0.15) is 16.0 Å². The van der Waals surface area contributed by atoms with Crippen LogP contribution in [0.1, 0.15) is 33.3 Å². The van der Waals surface area contributed by atoms with Gasteiger partial charge in [0.2, 0.25) is 0 Å². The average Bonchev–Trinajstić information content (AvgIpc) is 3.16. The second-order valence-electron chi connectivity index (χ2n) is 5.05. The number of aryl methyl sites for hydroxylation is 1. The van der Waals surface area contributed by atoms with Crippen molar-refractivity contribution in [3.8, 4) is 11.3 Å². The fourth-order valence-electron chi connectivity index (χ4n) is 2.06. The van der Waals surface area contributed by atoms with E-state index in [1.165, 1.54) is 28.9 Å². The number of hydrogen-bond acceptors (Lipinski definition) is 6. The molecule has 0 radical (unpaired) electrons. The molecule has 0 bridgehead atoms. The molecule has 1 amide bonds. The SMILES string of the molecule is Cc1ccccc1-c1csc(NC(=O)c2cnc(C(C)O)s2)n1. The normalized spacial score (nSPS) is 12.1. The van der Waals surface area contributed by atoms with E-state index in [9.17, 15) is 9.90 Å². The number of nitrogens with zero attached hydrogens (tertiary/aromatic N) is 2. The van der Waals surface area contributed by atoms with Crippen LogP contribution in [0.25, 0.3) is 11.3 Å². The molecule has 1 atom stereocenters. The minimum Gasteiger partial charge on any atom is -0.386 e. The summed E-state index contributed by atoms with van der Waals surface area (Å²) in [5.41, 5.74) is 3.04. The topological polar surface area (TPSA) is 75.1 Å². The first-order chi connectivity index (χ1) is 11.0. The van der Waals surface area contributed by atoms with E-state index in [1.807, 2.05) is 36.6 Å². The molecule has 3 rings (SSSR count). The highest BCUT2D eigenvalue weighted by molar-refractivity contribution is 7.15. The summed E-state index contributed by atoms with van der Waals surface area (Å²) < 4.78 is 0. The summed E-state index contributed by atoms with van der Waals surface area (Å²) in [5.74, 6) is -0.264. The third kappa shape index (κ3) is 3.47. The Morgan fingerprint density at radius 3 is 2.83 bits per heavy atom. The Morgan fingerprint density at radius 2 is 2.13 bits per heavy atom. The lowest BCUT2D eigenvalue weighted by Crippen LogP contribution is -2.09. The number of amides is 1. The zero-order valence-electron chi connectivity index (χ0n) is 12.6. The predicted octanol–water partition coefficient (Wildman–Crippen LogP) is 3.88. The number of benzene rings is 1. The maximum atomic E-state index is 12.2. The molecule has 1 unspecified atom stereocenters. The molecule has 0 aliphatic heterocycles. The number of carbonyl (C=O) groups excluding carboxylic acids is 1. The Bertz CT molecular complexity index is 839. The molecular weight excluding hydrogens is 330 g/mol. The van der Waals surface area contributed by atoms with Crippen molar-refractivity contribution >= 4 is 33.7 Å². The Labute approximate surface area is 141 Å². The van der Waals surface area contributed by atoms with Crippen LogP contribution in [0.15, 0.2) is 35.8 Å². The molecule has 0 fully saturated rings. The number of rotatable bonds is 4. The number of aliphatic hydroxyl groups excluding tert-OH is 1. The van der Waals surface area contributed by atoms with E-state index < -0.39 is 6.10 Å². The van der Waals surface area contributed by atoms with E-state index in [2.05, 4.69) is 15.3 Å². The molecule has 2 aromatic heterocycles. The van der Waals surface area contributed by atoms with Gasteiger partial charge in [-0.2, -0.15) is 0 Å². The Balaban J connectivity index is 1.76. The number of aliphatic hydroxyl groups is 1. The quantitative estimate of drug-likeness (QED) is 0.752. The number of anilines is 1. The van der Waals surface area contributed by atoms with Crippen LogP contribution in [0.4, 0.5) is 5.13 Å². The third-order valence-electron chi connectivity index (χ3n) is 3.25. The second kappa shape index (κ2) is 6.57. The zero-order chi connectivity index (χ0) is 16.4. The fourth-order valence-corrected chi connectivity index (χ4v) is 3.52. The molecule has 5 nitrogen and oxygen atoms in total. The molecule has 2 heterocycles. The predicted molar refractivity (Wildman–Crippen MR) is 93.0 cm³/mol. The lowest BCUT2D eigenvalue weighted by molar-refractivity contribution is 0.103. The van der Waals surface area contributed by atoms with Crippen molar-refractivity contribution in [2.24, 2.45) is 0 Å². The first kappa shape index (κ1) is 15.8. The van der Waals surface area contributed by atoms with Gasteiger partial charge in [0.25, 0.3) is 5.91 Å². The lowest BCUT2D eigenvalue weighted by Gasteiger charge is -2.01. The smallest absolute Gasteiger partial charge is 0.269 e. The highest BCUT2D eigenvalue weighted by atomic mass is 32.1. The van der Waals surface area contributed by atoms with Crippen molar-refractivity contribution in [3.05, 3.63) is 51.3 Å². The van der Waals surface area contributed by atoms with Gasteiger partial charge in [0.05, 0.1) is 11.9 Å². The molecular formula is C16H15N3O2S2. The molecule has 7 heteroatoms. The molecule has 2 N–H and O–H groups in total. The molecule has 0 aliphatic rings. The Morgan fingerprint density at radius 1 is 1.35 bits per heavy atom. The van der Waals surface area contributed by atoms with Crippen molar-refractivity contribution in [1.82, 2.24) is 9.97 Å². The Kier molecular flexibility index (Phi) is 4.51. The van der Waals surface area contributed by atoms with Gasteiger partial charge in [-0.1, -0.05) is 24.3 Å². The van der Waals surface area contributed by atoms with E-state index in [0.717, 1.165) is 16.8 Å². The molecule has 118 valence electrons. The van der Waals surface area contributed by atoms with Crippen LogP contribution in [0.3, 0.4) is 0 Å². The summed E-state index contributed by atoms with van der Waals surface area (Å²) >= 11 is 2.56. The number of thiazole rings is 2. The summed E-state index contributed by atoms with van der Waals surface area (Å²) in [7, 11) is 0. The molecule has 0 aliphatic carbocycles. The van der Waals surface area contributed by atoms with Crippen LogP contribution in [0.5, 0.6) is 0 Å². The van der Waals surface area contributed by atoms with Gasteiger partial charge in [-0.25, -0.2) is 9.97 Å². The van der Waals surface area contributed by atoms with Gasteiger partial charge in [0, 0.05) is 10.9 Å². The van der Waals surface area contributed by atoms with Gasteiger partial charge in [-0.05, 0) is 19.4 Å². The van der Waals surface area contributed by atoms with Crippen LogP contribution in [0.2, 0.25) is 0 Å². The molecule has 3 aromatic rings. The van der Waals surface area contributed by atoms with Crippen LogP contribution >= 0.6 is 22.7 Å². The molecule has 23 heavy (non-hydrogen) atoms.